The second-order valence-corrected chi connectivity index (χ2v) is 11.3. The van der Waals surface area contributed by atoms with E-state index in [1.54, 1.807) is 4.90 Å². The molecule has 3 aromatic rings. The molecule has 1 aromatic carbocycles. The van der Waals surface area contributed by atoms with Gasteiger partial charge < -0.3 is 25.2 Å². The lowest BCUT2D eigenvalue weighted by Crippen LogP contribution is -2.50. The van der Waals surface area contributed by atoms with Crippen molar-refractivity contribution in [2.45, 2.75) is 45.2 Å². The Balaban J connectivity index is 1.69. The van der Waals surface area contributed by atoms with Crippen LogP contribution in [-0.2, 0) is 10.9 Å². The first-order valence-electron chi connectivity index (χ1n) is 14.0. The van der Waals surface area contributed by atoms with Gasteiger partial charge in [0.1, 0.15) is 11.5 Å². The Morgan fingerprint density at radius 3 is 2.20 bits per heavy atom. The van der Waals surface area contributed by atoms with Crippen molar-refractivity contribution in [2.75, 3.05) is 49.6 Å². The fraction of sp³-hybridized carbons (Fsp3) is 0.448. The number of pyridine rings is 1. The number of piperazine rings is 1. The van der Waals surface area contributed by atoms with Crippen molar-refractivity contribution < 1.29 is 31.5 Å². The molecule has 0 unspecified atom stereocenters. The number of likely N-dealkylation sites (N-methyl/N-ethyl adjacent to an activating group) is 1. The van der Waals surface area contributed by atoms with Crippen molar-refractivity contribution in [1.29, 1.82) is 0 Å². The molecule has 5 rings (SSSR count). The molecule has 0 aliphatic carbocycles. The minimum Gasteiger partial charge on any atom is -0.372 e. The van der Waals surface area contributed by atoms with E-state index in [9.17, 15) is 22.8 Å². The average molecular weight is 622 g/mol. The van der Waals surface area contributed by atoms with Gasteiger partial charge in [-0.05, 0) is 27.8 Å². The SMILES string of the molecule is C[C@H]1CN(c2ncc(-c3c(F)cc(N4CCN(C)[C@@H](C)C4)c(-n4cc(C(N)=O)c(C(F)(F)F)cc4=O)c3F)cn2)C[C@H](C)O1. The third-order valence-corrected chi connectivity index (χ3v) is 7.97. The number of hydrogen-bond donors (Lipinski definition) is 1. The van der Waals surface area contributed by atoms with E-state index in [-0.39, 0.29) is 35.6 Å². The molecule has 2 aliphatic heterocycles. The number of nitrogens with two attached hydrogens (primary N) is 1. The van der Waals surface area contributed by atoms with Crippen molar-refractivity contribution in [3.05, 3.63) is 63.8 Å². The third kappa shape index (κ3) is 5.98. The van der Waals surface area contributed by atoms with Gasteiger partial charge in [0.2, 0.25) is 5.95 Å². The fourth-order valence-electron chi connectivity index (χ4n) is 5.69. The Morgan fingerprint density at radius 1 is 1.00 bits per heavy atom. The lowest BCUT2D eigenvalue weighted by molar-refractivity contribution is -0.138. The van der Waals surface area contributed by atoms with Crippen LogP contribution >= 0.6 is 0 Å². The summed E-state index contributed by atoms with van der Waals surface area (Å²) in [4.78, 5) is 39.4. The van der Waals surface area contributed by atoms with Crippen LogP contribution in [0.3, 0.4) is 0 Å². The van der Waals surface area contributed by atoms with Crippen LogP contribution in [0.1, 0.15) is 36.7 Å². The highest BCUT2D eigenvalue weighted by Gasteiger charge is 2.37. The van der Waals surface area contributed by atoms with Gasteiger partial charge in [0, 0.05) is 75.1 Å². The minimum absolute atomic E-state index is 0.0560. The predicted octanol–water partition coefficient (Wildman–Crippen LogP) is 3.44. The number of morpholine rings is 1. The molecule has 1 amide bonds. The number of carbonyl (C=O) groups is 1. The number of primary amides is 1. The van der Waals surface area contributed by atoms with Crippen LogP contribution in [0.25, 0.3) is 16.8 Å². The molecule has 44 heavy (non-hydrogen) atoms. The van der Waals surface area contributed by atoms with Crippen molar-refractivity contribution in [3.63, 3.8) is 0 Å². The Labute approximate surface area is 249 Å². The van der Waals surface area contributed by atoms with Crippen molar-refractivity contribution in [2.24, 2.45) is 5.73 Å². The molecule has 2 aromatic heterocycles. The molecule has 15 heteroatoms. The molecule has 2 saturated heterocycles. The zero-order chi connectivity index (χ0) is 32.1. The number of halogens is 5. The summed E-state index contributed by atoms with van der Waals surface area (Å²) in [5.41, 5.74) is 0.108. The quantitative estimate of drug-likeness (QED) is 0.432. The Kier molecular flexibility index (Phi) is 8.37. The van der Waals surface area contributed by atoms with Crippen LogP contribution in [0, 0.1) is 11.6 Å². The number of benzene rings is 1. The molecular formula is C29H32F5N7O3. The largest absolute Gasteiger partial charge is 0.417 e. The van der Waals surface area contributed by atoms with E-state index in [4.69, 9.17) is 10.5 Å². The predicted molar refractivity (Wildman–Crippen MR) is 153 cm³/mol. The lowest BCUT2D eigenvalue weighted by Gasteiger charge is -2.40. The third-order valence-electron chi connectivity index (χ3n) is 7.97. The highest BCUT2D eigenvalue weighted by atomic mass is 19.4. The summed E-state index contributed by atoms with van der Waals surface area (Å²) in [6, 6.07) is 1.15. The summed E-state index contributed by atoms with van der Waals surface area (Å²) in [5, 5.41) is 0. The van der Waals surface area contributed by atoms with Gasteiger partial charge in [-0.2, -0.15) is 13.2 Å². The standard InChI is InChI=1S/C29H32F5N7O3/c1-15-11-39(6-5-38(15)4)22-8-21(30)24(18-9-36-28(37-10-18)40-12-16(2)44-17(3)13-40)25(31)26(22)41-14-19(27(35)43)20(7-23(41)42)29(32,33)34/h7-10,14-17H,5-6,11-13H2,1-4H3,(H2,35,43)/t15-,16-,17-/m0/s1. The molecule has 236 valence electrons. The first kappa shape index (κ1) is 31.3. The number of anilines is 2. The molecule has 0 saturated carbocycles. The van der Waals surface area contributed by atoms with E-state index in [1.807, 2.05) is 37.6 Å². The summed E-state index contributed by atoms with van der Waals surface area (Å²) in [6.07, 6.45) is -2.23. The number of carbonyl (C=O) groups excluding carboxylic acids is 1. The van der Waals surface area contributed by atoms with Gasteiger partial charge in [-0.15, -0.1) is 0 Å². The highest BCUT2D eigenvalue weighted by molar-refractivity contribution is 5.94. The molecular weight excluding hydrogens is 589 g/mol. The van der Waals surface area contributed by atoms with Gasteiger partial charge in [-0.1, -0.05) is 0 Å². The summed E-state index contributed by atoms with van der Waals surface area (Å²) in [7, 11) is 1.88. The number of nitrogens with zero attached hydrogens (tertiary/aromatic N) is 6. The minimum atomic E-state index is -5.08. The van der Waals surface area contributed by atoms with Gasteiger partial charge in [0.05, 0.1) is 34.6 Å². The first-order chi connectivity index (χ1) is 20.6. The maximum atomic E-state index is 16.6. The van der Waals surface area contributed by atoms with Gasteiger partial charge in [0.15, 0.2) is 5.82 Å². The summed E-state index contributed by atoms with van der Waals surface area (Å²) in [5.74, 6) is -3.38. The Hall–Kier alpha value is -4.11. The maximum absolute atomic E-state index is 16.6. The molecule has 2 N–H and O–H groups in total. The molecule has 3 atom stereocenters. The second-order valence-electron chi connectivity index (χ2n) is 11.3. The van der Waals surface area contributed by atoms with E-state index in [1.165, 1.54) is 12.4 Å². The zero-order valence-electron chi connectivity index (χ0n) is 24.5. The molecule has 4 heterocycles. The van der Waals surface area contributed by atoms with Gasteiger partial charge in [-0.25, -0.2) is 18.7 Å². The van der Waals surface area contributed by atoms with Gasteiger partial charge in [0.25, 0.3) is 11.5 Å². The number of hydrogen-bond acceptors (Lipinski definition) is 8. The fourth-order valence-corrected chi connectivity index (χ4v) is 5.69. The average Bonchev–Trinajstić information content (AvgIpc) is 2.93. The lowest BCUT2D eigenvalue weighted by atomic mass is 10.0. The van der Waals surface area contributed by atoms with Crippen molar-refractivity contribution >= 4 is 17.5 Å². The summed E-state index contributed by atoms with van der Waals surface area (Å²) >= 11 is 0. The zero-order valence-corrected chi connectivity index (χ0v) is 24.5. The van der Waals surface area contributed by atoms with E-state index < -0.39 is 51.7 Å². The van der Waals surface area contributed by atoms with Crippen LogP contribution in [-0.4, -0.2) is 83.4 Å². The van der Waals surface area contributed by atoms with Crippen LogP contribution in [0.4, 0.5) is 33.6 Å². The number of aromatic nitrogens is 3. The summed E-state index contributed by atoms with van der Waals surface area (Å²) < 4.78 is 79.8. The Morgan fingerprint density at radius 2 is 1.64 bits per heavy atom. The van der Waals surface area contributed by atoms with Gasteiger partial charge in [-0.3, -0.25) is 14.2 Å². The maximum Gasteiger partial charge on any atom is 0.417 e. The summed E-state index contributed by atoms with van der Waals surface area (Å²) in [6.45, 7) is 7.83. The number of ether oxygens (including phenoxy) is 1. The second kappa shape index (κ2) is 11.8. The van der Waals surface area contributed by atoms with E-state index in [0.717, 1.165) is 6.07 Å². The van der Waals surface area contributed by atoms with Crippen LogP contribution in [0.15, 0.2) is 35.5 Å². The van der Waals surface area contributed by atoms with Crippen molar-refractivity contribution in [3.8, 4) is 16.8 Å². The first-order valence-corrected chi connectivity index (χ1v) is 14.0. The van der Waals surface area contributed by atoms with Crippen LogP contribution in [0.2, 0.25) is 0 Å². The number of rotatable bonds is 5. The van der Waals surface area contributed by atoms with E-state index in [0.29, 0.717) is 49.4 Å². The molecule has 2 aliphatic rings. The molecule has 0 bridgehead atoms. The number of alkyl halides is 3. The Bertz CT molecular complexity index is 1620. The molecule has 0 spiro atoms. The van der Waals surface area contributed by atoms with Gasteiger partial charge >= 0.3 is 6.18 Å². The molecule has 10 nitrogen and oxygen atoms in total. The van der Waals surface area contributed by atoms with Crippen molar-refractivity contribution in [1.82, 2.24) is 19.4 Å². The normalized spacial score (nSPS) is 21.5. The number of amides is 1. The monoisotopic (exact) mass is 621 g/mol. The van der Waals surface area contributed by atoms with E-state index in [2.05, 4.69) is 9.97 Å². The highest BCUT2D eigenvalue weighted by Crippen LogP contribution is 2.38. The smallest absolute Gasteiger partial charge is 0.372 e. The van der Waals surface area contributed by atoms with Crippen LogP contribution in [0.5, 0.6) is 0 Å². The van der Waals surface area contributed by atoms with Crippen LogP contribution < -0.4 is 21.1 Å². The topological polar surface area (TPSA) is 110 Å². The molecule has 0 radical (unpaired) electrons. The molecule has 2 fully saturated rings. The van der Waals surface area contributed by atoms with E-state index >= 15 is 8.78 Å².